The van der Waals surface area contributed by atoms with E-state index in [4.69, 9.17) is 15.5 Å². The van der Waals surface area contributed by atoms with E-state index >= 15 is 0 Å². The fourth-order valence-electron chi connectivity index (χ4n) is 2.68. The summed E-state index contributed by atoms with van der Waals surface area (Å²) in [7, 11) is 1.67. The highest BCUT2D eigenvalue weighted by atomic mass is 16.5. The first-order valence-electron chi connectivity index (χ1n) is 6.77. The Hall–Kier alpha value is -1.81. The van der Waals surface area contributed by atoms with Gasteiger partial charge in [0.15, 0.2) is 0 Å². The van der Waals surface area contributed by atoms with Gasteiger partial charge in [0, 0.05) is 23.4 Å². The lowest BCUT2D eigenvalue weighted by atomic mass is 10.0. The average Bonchev–Trinajstić information content (AvgIpc) is 2.90. The molecular weight excluding hydrogens is 238 g/mol. The summed E-state index contributed by atoms with van der Waals surface area (Å²) >= 11 is 0. The molecule has 100 valence electrons. The van der Waals surface area contributed by atoms with Crippen molar-refractivity contribution < 1.29 is 4.74 Å². The Morgan fingerprint density at radius 3 is 2.89 bits per heavy atom. The number of nitrogens with two attached hydrogens (primary N) is 1. The molecule has 2 aromatic rings. The minimum atomic E-state index is 0.470. The maximum Gasteiger partial charge on any atom is 0.137 e. The molecule has 0 aliphatic heterocycles. The molecule has 0 amide bonds. The zero-order valence-corrected chi connectivity index (χ0v) is 11.2. The van der Waals surface area contributed by atoms with Crippen molar-refractivity contribution in [1.82, 2.24) is 9.97 Å². The van der Waals surface area contributed by atoms with E-state index in [9.17, 15) is 0 Å². The third-order valence-electron chi connectivity index (χ3n) is 3.73. The highest BCUT2D eigenvalue weighted by Crippen LogP contribution is 2.27. The van der Waals surface area contributed by atoms with Gasteiger partial charge in [-0.05, 0) is 43.9 Å². The normalized spacial score (nSPS) is 14.2. The van der Waals surface area contributed by atoms with Gasteiger partial charge in [0.1, 0.15) is 11.6 Å². The number of aromatic nitrogens is 2. The van der Waals surface area contributed by atoms with Crippen molar-refractivity contribution >= 4 is 0 Å². The van der Waals surface area contributed by atoms with Gasteiger partial charge in [0.05, 0.1) is 12.8 Å². The van der Waals surface area contributed by atoms with Crippen molar-refractivity contribution in [2.24, 2.45) is 5.73 Å². The van der Waals surface area contributed by atoms with E-state index in [1.165, 1.54) is 24.2 Å². The smallest absolute Gasteiger partial charge is 0.137 e. The highest BCUT2D eigenvalue weighted by molar-refractivity contribution is 5.60. The van der Waals surface area contributed by atoms with E-state index in [0.29, 0.717) is 6.54 Å². The molecule has 19 heavy (non-hydrogen) atoms. The quantitative estimate of drug-likeness (QED) is 0.887. The fraction of sp³-hybridized carbons (Fsp3) is 0.400. The van der Waals surface area contributed by atoms with Crippen LogP contribution in [0.3, 0.4) is 0 Å². The van der Waals surface area contributed by atoms with Gasteiger partial charge < -0.3 is 15.5 Å². The van der Waals surface area contributed by atoms with Crippen LogP contribution in [0.2, 0.25) is 0 Å². The number of nitrogens with one attached hydrogen (secondary N) is 1. The number of aryl methyl sites for hydroxylation is 2. The number of benzene rings is 1. The number of hydrogen-bond acceptors (Lipinski definition) is 3. The van der Waals surface area contributed by atoms with Gasteiger partial charge in [0.2, 0.25) is 0 Å². The van der Waals surface area contributed by atoms with E-state index in [1.54, 1.807) is 7.11 Å². The molecule has 0 spiro atoms. The van der Waals surface area contributed by atoms with Crippen molar-refractivity contribution in [2.75, 3.05) is 7.11 Å². The molecule has 1 aromatic carbocycles. The monoisotopic (exact) mass is 257 g/mol. The van der Waals surface area contributed by atoms with Crippen LogP contribution in [0.1, 0.15) is 29.8 Å². The average molecular weight is 257 g/mol. The number of hydrogen-bond donors (Lipinski definition) is 2. The molecule has 0 bridgehead atoms. The first-order valence-corrected chi connectivity index (χ1v) is 6.77. The standard InChI is InChI=1S/C15H19N3O/c1-19-14-7-6-10(8-11(14)9-16)15-17-12-4-2-3-5-13(12)18-15/h6-8H,2-5,9,16H2,1H3,(H,17,18). The Balaban J connectivity index is 1.99. The summed E-state index contributed by atoms with van der Waals surface area (Å²) in [4.78, 5) is 8.16. The van der Waals surface area contributed by atoms with E-state index in [-0.39, 0.29) is 0 Å². The Kier molecular flexibility index (Phi) is 3.25. The van der Waals surface area contributed by atoms with Gasteiger partial charge in [-0.15, -0.1) is 0 Å². The summed E-state index contributed by atoms with van der Waals surface area (Å²) in [5, 5.41) is 0. The molecule has 0 fully saturated rings. The molecule has 1 aromatic heterocycles. The highest BCUT2D eigenvalue weighted by Gasteiger charge is 2.15. The summed E-state index contributed by atoms with van der Waals surface area (Å²) < 4.78 is 5.30. The largest absolute Gasteiger partial charge is 0.496 e. The number of rotatable bonds is 3. The Morgan fingerprint density at radius 1 is 1.32 bits per heavy atom. The van der Waals surface area contributed by atoms with Crippen LogP contribution in [-0.4, -0.2) is 17.1 Å². The number of ether oxygens (including phenoxy) is 1. The summed E-state index contributed by atoms with van der Waals surface area (Å²) in [6.45, 7) is 0.470. The Morgan fingerprint density at radius 2 is 2.16 bits per heavy atom. The second-order valence-corrected chi connectivity index (χ2v) is 4.95. The summed E-state index contributed by atoms with van der Waals surface area (Å²) in [6.07, 6.45) is 4.70. The number of imidazole rings is 1. The van der Waals surface area contributed by atoms with Crippen LogP contribution >= 0.6 is 0 Å². The predicted octanol–water partition coefficient (Wildman–Crippen LogP) is 2.42. The zero-order chi connectivity index (χ0) is 13.2. The second-order valence-electron chi connectivity index (χ2n) is 4.95. The molecule has 0 saturated heterocycles. The molecule has 0 radical (unpaired) electrons. The van der Waals surface area contributed by atoms with E-state index < -0.39 is 0 Å². The first kappa shape index (κ1) is 12.2. The van der Waals surface area contributed by atoms with E-state index in [2.05, 4.69) is 11.1 Å². The number of methoxy groups -OCH3 is 1. The van der Waals surface area contributed by atoms with Crippen LogP contribution in [0.25, 0.3) is 11.4 Å². The lowest BCUT2D eigenvalue weighted by Crippen LogP contribution is -2.00. The minimum Gasteiger partial charge on any atom is -0.496 e. The molecule has 1 heterocycles. The Bertz CT molecular complexity index is 566. The molecule has 1 aliphatic carbocycles. The molecule has 0 saturated carbocycles. The molecule has 4 heteroatoms. The van der Waals surface area contributed by atoms with Crippen LogP contribution in [0.5, 0.6) is 5.75 Å². The van der Waals surface area contributed by atoms with Gasteiger partial charge >= 0.3 is 0 Å². The first-order chi connectivity index (χ1) is 9.31. The van der Waals surface area contributed by atoms with Crippen molar-refractivity contribution in [3.8, 4) is 17.1 Å². The van der Waals surface area contributed by atoms with Crippen LogP contribution in [0.15, 0.2) is 18.2 Å². The van der Waals surface area contributed by atoms with Crippen molar-refractivity contribution in [1.29, 1.82) is 0 Å². The van der Waals surface area contributed by atoms with Crippen LogP contribution in [0, 0.1) is 0 Å². The molecule has 1 aliphatic rings. The lowest BCUT2D eigenvalue weighted by molar-refractivity contribution is 0.410. The van der Waals surface area contributed by atoms with Gasteiger partial charge in [-0.2, -0.15) is 0 Å². The van der Waals surface area contributed by atoms with Gasteiger partial charge in [0.25, 0.3) is 0 Å². The second kappa shape index (κ2) is 5.05. The summed E-state index contributed by atoms with van der Waals surface area (Å²) in [6, 6.07) is 6.05. The van der Waals surface area contributed by atoms with Crippen LogP contribution in [0.4, 0.5) is 0 Å². The van der Waals surface area contributed by atoms with Crippen molar-refractivity contribution in [3.63, 3.8) is 0 Å². The molecule has 4 nitrogen and oxygen atoms in total. The summed E-state index contributed by atoms with van der Waals surface area (Å²) in [5.41, 5.74) is 10.4. The molecule has 3 N–H and O–H groups in total. The maximum atomic E-state index is 5.76. The number of nitrogens with zero attached hydrogens (tertiary/aromatic N) is 1. The minimum absolute atomic E-state index is 0.470. The van der Waals surface area contributed by atoms with Gasteiger partial charge in [-0.25, -0.2) is 4.98 Å². The number of aromatic amines is 1. The predicted molar refractivity (Wildman–Crippen MR) is 75.1 cm³/mol. The zero-order valence-electron chi connectivity index (χ0n) is 11.2. The molecular formula is C15H19N3O. The molecule has 0 atom stereocenters. The van der Waals surface area contributed by atoms with Crippen LogP contribution in [-0.2, 0) is 19.4 Å². The Labute approximate surface area is 113 Å². The third kappa shape index (κ3) is 2.24. The van der Waals surface area contributed by atoms with Crippen LogP contribution < -0.4 is 10.5 Å². The van der Waals surface area contributed by atoms with E-state index in [0.717, 1.165) is 35.5 Å². The third-order valence-corrected chi connectivity index (χ3v) is 3.73. The molecule has 0 unspecified atom stereocenters. The topological polar surface area (TPSA) is 63.9 Å². The molecule has 3 rings (SSSR count). The SMILES string of the molecule is COc1ccc(-c2nc3c([nH]2)CCCC3)cc1CN. The number of H-pyrrole nitrogens is 1. The maximum absolute atomic E-state index is 5.76. The number of fused-ring (bicyclic) bond motifs is 1. The summed E-state index contributed by atoms with van der Waals surface area (Å²) in [5.74, 6) is 1.78. The van der Waals surface area contributed by atoms with Gasteiger partial charge in [-0.3, -0.25) is 0 Å². The van der Waals surface area contributed by atoms with Gasteiger partial charge in [-0.1, -0.05) is 0 Å². The van der Waals surface area contributed by atoms with Crippen molar-refractivity contribution in [2.45, 2.75) is 32.2 Å². The van der Waals surface area contributed by atoms with Crippen molar-refractivity contribution in [3.05, 3.63) is 35.2 Å². The fourth-order valence-corrected chi connectivity index (χ4v) is 2.68. The van der Waals surface area contributed by atoms with E-state index in [1.807, 2.05) is 12.1 Å². The lowest BCUT2D eigenvalue weighted by Gasteiger charge is -2.07.